The zero-order chi connectivity index (χ0) is 21.3. The van der Waals surface area contributed by atoms with Gasteiger partial charge in [0.25, 0.3) is 5.91 Å². The Kier molecular flexibility index (Phi) is 7.69. The zero-order valence-corrected chi connectivity index (χ0v) is 17.8. The van der Waals surface area contributed by atoms with E-state index in [1.807, 2.05) is 48.5 Å². The van der Waals surface area contributed by atoms with Crippen molar-refractivity contribution in [3.05, 3.63) is 88.9 Å². The monoisotopic (exact) mass is 407 g/mol. The molecular weight excluding hydrogens is 378 g/mol. The lowest BCUT2D eigenvalue weighted by molar-refractivity contribution is -0.123. The van der Waals surface area contributed by atoms with Crippen molar-refractivity contribution in [3.63, 3.8) is 0 Å². The summed E-state index contributed by atoms with van der Waals surface area (Å²) in [5.74, 6) is 1.82. The van der Waals surface area contributed by atoms with Gasteiger partial charge in [-0.1, -0.05) is 44.2 Å². The maximum atomic E-state index is 12.2. The van der Waals surface area contributed by atoms with Gasteiger partial charge in [0.1, 0.15) is 18.1 Å². The largest absolute Gasteiger partial charge is 0.484 e. The van der Waals surface area contributed by atoms with Crippen LogP contribution >= 0.6 is 0 Å². The van der Waals surface area contributed by atoms with E-state index in [1.165, 1.54) is 11.1 Å². The topological polar surface area (TPSA) is 60.7 Å². The molecule has 158 valence electrons. The van der Waals surface area contributed by atoms with Gasteiger partial charge in [-0.25, -0.2) is 0 Å². The minimum Gasteiger partial charge on any atom is -0.484 e. The fourth-order valence-electron chi connectivity index (χ4n) is 3.28. The molecule has 0 fully saturated rings. The second kappa shape index (κ2) is 10.6. The third-order valence-corrected chi connectivity index (χ3v) is 4.81. The van der Waals surface area contributed by atoms with Gasteiger partial charge in [0, 0.05) is 6.54 Å². The van der Waals surface area contributed by atoms with Crippen LogP contribution in [-0.2, 0) is 29.3 Å². The van der Waals surface area contributed by atoms with Crippen molar-refractivity contribution in [2.45, 2.75) is 46.4 Å². The molecule has 1 aromatic heterocycles. The number of carbonyl (C=O) groups is 1. The summed E-state index contributed by atoms with van der Waals surface area (Å²) in [5, 5.41) is 2.90. The molecule has 0 aliphatic carbocycles. The molecule has 0 radical (unpaired) electrons. The van der Waals surface area contributed by atoms with Crippen LogP contribution in [0.25, 0.3) is 0 Å². The number of hydrogen-bond acceptors (Lipinski definition) is 4. The molecule has 2 aromatic carbocycles. The minimum absolute atomic E-state index is 0.00753. The highest BCUT2D eigenvalue weighted by molar-refractivity contribution is 5.77. The predicted molar refractivity (Wildman–Crippen MR) is 116 cm³/mol. The second-order valence-corrected chi connectivity index (χ2v) is 7.63. The van der Waals surface area contributed by atoms with Gasteiger partial charge in [-0.15, -0.1) is 0 Å². The van der Waals surface area contributed by atoms with E-state index in [0.717, 1.165) is 16.9 Å². The number of benzene rings is 2. The predicted octanol–water partition coefficient (Wildman–Crippen LogP) is 5.12. The van der Waals surface area contributed by atoms with Crippen LogP contribution in [-0.4, -0.2) is 12.5 Å². The Balaban J connectivity index is 1.42. The Labute approximate surface area is 178 Å². The van der Waals surface area contributed by atoms with Gasteiger partial charge in [0.15, 0.2) is 6.61 Å². The van der Waals surface area contributed by atoms with Crippen LogP contribution in [0.5, 0.6) is 5.75 Å². The van der Waals surface area contributed by atoms with E-state index in [1.54, 1.807) is 6.26 Å². The molecule has 1 N–H and O–H groups in total. The number of hydrogen-bond donors (Lipinski definition) is 1. The lowest BCUT2D eigenvalue weighted by Crippen LogP contribution is -2.28. The maximum absolute atomic E-state index is 12.2. The average molecular weight is 408 g/mol. The number of nitrogens with one attached hydrogen (secondary N) is 1. The smallest absolute Gasteiger partial charge is 0.258 e. The van der Waals surface area contributed by atoms with Gasteiger partial charge in [0.05, 0.1) is 12.9 Å². The minimum atomic E-state index is -0.153. The van der Waals surface area contributed by atoms with Crippen molar-refractivity contribution in [1.29, 1.82) is 0 Å². The lowest BCUT2D eigenvalue weighted by Gasteiger charge is -2.12. The van der Waals surface area contributed by atoms with E-state index in [-0.39, 0.29) is 12.5 Å². The molecular formula is C25H29NO4. The van der Waals surface area contributed by atoms with Crippen LogP contribution in [0.3, 0.4) is 0 Å². The Morgan fingerprint density at radius 1 is 1.03 bits per heavy atom. The quantitative estimate of drug-likeness (QED) is 0.506. The van der Waals surface area contributed by atoms with E-state index in [0.29, 0.717) is 31.4 Å². The first-order valence-electron chi connectivity index (χ1n) is 10.2. The van der Waals surface area contributed by atoms with E-state index in [4.69, 9.17) is 13.9 Å². The zero-order valence-electron chi connectivity index (χ0n) is 17.8. The van der Waals surface area contributed by atoms with Gasteiger partial charge in [-0.05, 0) is 59.4 Å². The summed E-state index contributed by atoms with van der Waals surface area (Å²) in [6.07, 6.45) is 1.63. The van der Waals surface area contributed by atoms with Crippen LogP contribution < -0.4 is 10.1 Å². The van der Waals surface area contributed by atoms with Crippen molar-refractivity contribution in [2.75, 3.05) is 6.61 Å². The molecule has 3 aromatic rings. The van der Waals surface area contributed by atoms with Gasteiger partial charge < -0.3 is 19.2 Å². The molecule has 3 rings (SSSR count). The molecule has 1 amide bonds. The fourth-order valence-corrected chi connectivity index (χ4v) is 3.28. The third kappa shape index (κ3) is 6.49. The molecule has 0 saturated heterocycles. The Hall–Kier alpha value is -3.05. The maximum Gasteiger partial charge on any atom is 0.258 e. The molecule has 0 atom stereocenters. The Bertz CT molecular complexity index is 948. The Morgan fingerprint density at radius 2 is 1.87 bits per heavy atom. The summed E-state index contributed by atoms with van der Waals surface area (Å²) in [6.45, 7) is 7.74. The van der Waals surface area contributed by atoms with E-state index < -0.39 is 0 Å². The molecule has 5 nitrogen and oxygen atoms in total. The SMILES string of the molecule is Cc1cc(OCC(=O)NCc2cccc(COCc3ccco3)c2)ccc1C(C)C. The van der Waals surface area contributed by atoms with Gasteiger partial charge in [-0.3, -0.25) is 4.79 Å². The number of rotatable bonds is 10. The molecule has 0 saturated carbocycles. The molecule has 1 heterocycles. The number of carbonyl (C=O) groups excluding carboxylic acids is 1. The fraction of sp³-hybridized carbons (Fsp3) is 0.320. The highest BCUT2D eigenvalue weighted by atomic mass is 16.5. The molecule has 0 aliphatic heterocycles. The Morgan fingerprint density at radius 3 is 2.60 bits per heavy atom. The summed E-state index contributed by atoms with van der Waals surface area (Å²) in [5.41, 5.74) is 4.53. The van der Waals surface area contributed by atoms with E-state index >= 15 is 0 Å². The van der Waals surface area contributed by atoms with Crippen molar-refractivity contribution in [1.82, 2.24) is 5.32 Å². The lowest BCUT2D eigenvalue weighted by atomic mass is 9.98. The van der Waals surface area contributed by atoms with Crippen molar-refractivity contribution >= 4 is 5.91 Å². The molecule has 0 spiro atoms. The summed E-state index contributed by atoms with van der Waals surface area (Å²) in [4.78, 5) is 12.2. The number of ether oxygens (including phenoxy) is 2. The summed E-state index contributed by atoms with van der Waals surface area (Å²) in [7, 11) is 0. The normalized spacial score (nSPS) is 10.9. The molecule has 0 unspecified atom stereocenters. The molecule has 0 bridgehead atoms. The van der Waals surface area contributed by atoms with Crippen LogP contribution in [0.4, 0.5) is 0 Å². The van der Waals surface area contributed by atoms with Gasteiger partial charge in [-0.2, -0.15) is 0 Å². The van der Waals surface area contributed by atoms with Crippen molar-refractivity contribution in [3.8, 4) is 5.75 Å². The standard InChI is InChI=1S/C25H29NO4/c1-18(2)24-10-9-22(12-19(24)3)30-17-25(27)26-14-20-6-4-7-21(13-20)15-28-16-23-8-5-11-29-23/h4-13,18H,14-17H2,1-3H3,(H,26,27). The first kappa shape index (κ1) is 21.7. The number of furan rings is 1. The van der Waals surface area contributed by atoms with Crippen molar-refractivity contribution in [2.24, 2.45) is 0 Å². The summed E-state index contributed by atoms with van der Waals surface area (Å²) >= 11 is 0. The van der Waals surface area contributed by atoms with Crippen LogP contribution in [0, 0.1) is 6.92 Å². The summed E-state index contributed by atoms with van der Waals surface area (Å²) in [6, 6.07) is 17.6. The third-order valence-electron chi connectivity index (χ3n) is 4.81. The first-order chi connectivity index (χ1) is 14.5. The highest BCUT2D eigenvalue weighted by Crippen LogP contribution is 2.23. The van der Waals surface area contributed by atoms with Gasteiger partial charge >= 0.3 is 0 Å². The van der Waals surface area contributed by atoms with Crippen LogP contribution in [0.1, 0.15) is 47.8 Å². The van der Waals surface area contributed by atoms with Crippen LogP contribution in [0.15, 0.2) is 65.3 Å². The molecule has 5 heteroatoms. The molecule has 30 heavy (non-hydrogen) atoms. The highest BCUT2D eigenvalue weighted by Gasteiger charge is 2.07. The van der Waals surface area contributed by atoms with Crippen LogP contribution in [0.2, 0.25) is 0 Å². The number of aryl methyl sites for hydroxylation is 1. The van der Waals surface area contributed by atoms with E-state index in [9.17, 15) is 4.79 Å². The van der Waals surface area contributed by atoms with Crippen molar-refractivity contribution < 1.29 is 18.7 Å². The van der Waals surface area contributed by atoms with Gasteiger partial charge in [0.2, 0.25) is 0 Å². The van der Waals surface area contributed by atoms with E-state index in [2.05, 4.69) is 32.2 Å². The summed E-state index contributed by atoms with van der Waals surface area (Å²) < 4.78 is 16.6. The molecule has 0 aliphatic rings. The average Bonchev–Trinajstić information content (AvgIpc) is 3.24. The second-order valence-electron chi connectivity index (χ2n) is 7.63. The first-order valence-corrected chi connectivity index (χ1v) is 10.2. The number of amides is 1.